The monoisotopic (exact) mass is 263 g/mol. The summed E-state index contributed by atoms with van der Waals surface area (Å²) in [4.78, 5) is 0. The van der Waals surface area contributed by atoms with Crippen LogP contribution in [0.2, 0.25) is 0 Å². The molecule has 0 fully saturated rings. The molecule has 0 aliphatic rings. The van der Waals surface area contributed by atoms with Gasteiger partial charge in [-0.25, -0.2) is 0 Å². The molecule has 0 aliphatic heterocycles. The van der Waals surface area contributed by atoms with Crippen LogP contribution in [0.1, 0.15) is 16.9 Å². The normalized spacial score (nSPS) is 10.4. The topological polar surface area (TPSA) is 46.2 Å². The number of ether oxygens (including phenoxy) is 1. The Morgan fingerprint density at radius 2 is 1.90 bits per heavy atom. The van der Waals surface area contributed by atoms with Gasteiger partial charge in [-0.15, -0.1) is 0 Å². The van der Waals surface area contributed by atoms with E-state index in [1.807, 2.05) is 55.5 Å². The van der Waals surface area contributed by atoms with Crippen LogP contribution in [0.3, 0.4) is 0 Å². The zero-order valence-corrected chi connectivity index (χ0v) is 11.1. The molecule has 0 atom stereocenters. The molecule has 1 heterocycles. The molecule has 0 saturated heterocycles. The Bertz CT molecular complexity index is 782. The summed E-state index contributed by atoms with van der Waals surface area (Å²) < 4.78 is 11.4. The SMILES string of the molecule is Cc1c(C#N)oc2cccc(OCc3ccccc3)c12. The highest BCUT2D eigenvalue weighted by Gasteiger charge is 2.14. The minimum absolute atomic E-state index is 0.343. The van der Waals surface area contributed by atoms with Crippen LogP contribution in [0.4, 0.5) is 0 Å². The molecule has 0 N–H and O–H groups in total. The summed E-state index contributed by atoms with van der Waals surface area (Å²) in [6.07, 6.45) is 0. The van der Waals surface area contributed by atoms with E-state index in [0.29, 0.717) is 18.0 Å². The number of nitrogens with zero attached hydrogens (tertiary/aromatic N) is 1. The van der Waals surface area contributed by atoms with Gasteiger partial charge in [-0.1, -0.05) is 36.4 Å². The van der Waals surface area contributed by atoms with Crippen molar-refractivity contribution in [3.8, 4) is 11.8 Å². The molecular weight excluding hydrogens is 250 g/mol. The summed E-state index contributed by atoms with van der Waals surface area (Å²) in [5, 5.41) is 9.91. The van der Waals surface area contributed by atoms with E-state index in [9.17, 15) is 0 Å². The Morgan fingerprint density at radius 1 is 1.10 bits per heavy atom. The van der Waals surface area contributed by atoms with Gasteiger partial charge in [0.15, 0.2) is 0 Å². The van der Waals surface area contributed by atoms with E-state index in [4.69, 9.17) is 14.4 Å². The molecule has 1 aromatic heterocycles. The van der Waals surface area contributed by atoms with Crippen molar-refractivity contribution in [3.05, 3.63) is 65.4 Å². The van der Waals surface area contributed by atoms with E-state index in [0.717, 1.165) is 22.3 Å². The highest BCUT2D eigenvalue weighted by atomic mass is 16.5. The lowest BCUT2D eigenvalue weighted by Gasteiger charge is -2.07. The molecule has 3 nitrogen and oxygen atoms in total. The Kier molecular flexibility index (Phi) is 3.14. The Hall–Kier alpha value is -2.73. The summed E-state index contributed by atoms with van der Waals surface area (Å²) in [7, 11) is 0. The number of fused-ring (bicyclic) bond motifs is 1. The van der Waals surface area contributed by atoms with E-state index in [1.165, 1.54) is 0 Å². The van der Waals surface area contributed by atoms with Crippen LogP contribution in [0.25, 0.3) is 11.0 Å². The van der Waals surface area contributed by atoms with Crippen LogP contribution in [0.5, 0.6) is 5.75 Å². The first-order valence-electron chi connectivity index (χ1n) is 6.38. The molecule has 3 aromatic rings. The summed E-state index contributed by atoms with van der Waals surface area (Å²) in [6.45, 7) is 2.37. The Morgan fingerprint density at radius 3 is 2.65 bits per heavy atom. The van der Waals surface area contributed by atoms with Crippen molar-refractivity contribution in [2.45, 2.75) is 13.5 Å². The zero-order valence-electron chi connectivity index (χ0n) is 11.1. The minimum atomic E-state index is 0.343. The number of hydrogen-bond acceptors (Lipinski definition) is 3. The highest BCUT2D eigenvalue weighted by molar-refractivity contribution is 5.89. The lowest BCUT2D eigenvalue weighted by atomic mass is 10.1. The van der Waals surface area contributed by atoms with E-state index >= 15 is 0 Å². The standard InChI is InChI=1S/C17H13NO2/c1-12-16(10-18)20-15-9-5-8-14(17(12)15)19-11-13-6-3-2-4-7-13/h2-9H,11H2,1H3. The Balaban J connectivity index is 1.96. The van der Waals surface area contributed by atoms with Crippen molar-refractivity contribution in [1.82, 2.24) is 0 Å². The van der Waals surface area contributed by atoms with Gasteiger partial charge in [0.05, 0.1) is 5.39 Å². The molecule has 0 unspecified atom stereocenters. The lowest BCUT2D eigenvalue weighted by molar-refractivity contribution is 0.310. The largest absolute Gasteiger partial charge is 0.488 e. The molecule has 3 heteroatoms. The fourth-order valence-electron chi connectivity index (χ4n) is 2.23. The number of rotatable bonds is 3. The van der Waals surface area contributed by atoms with Gasteiger partial charge in [0.25, 0.3) is 0 Å². The second-order valence-electron chi connectivity index (χ2n) is 4.57. The van der Waals surface area contributed by atoms with Gasteiger partial charge >= 0.3 is 0 Å². The molecule has 0 aliphatic carbocycles. The lowest BCUT2D eigenvalue weighted by Crippen LogP contribution is -1.95. The smallest absolute Gasteiger partial charge is 0.207 e. The van der Waals surface area contributed by atoms with Crippen molar-refractivity contribution in [1.29, 1.82) is 5.26 Å². The van der Waals surface area contributed by atoms with Crippen LogP contribution in [-0.4, -0.2) is 0 Å². The average Bonchev–Trinajstić information content (AvgIpc) is 2.83. The van der Waals surface area contributed by atoms with Crippen molar-refractivity contribution < 1.29 is 9.15 Å². The summed E-state index contributed by atoms with van der Waals surface area (Å²) in [5.41, 5.74) is 2.61. The van der Waals surface area contributed by atoms with Gasteiger partial charge in [-0.2, -0.15) is 5.26 Å². The maximum absolute atomic E-state index is 9.03. The maximum Gasteiger partial charge on any atom is 0.207 e. The van der Waals surface area contributed by atoms with Crippen LogP contribution < -0.4 is 4.74 Å². The van der Waals surface area contributed by atoms with E-state index in [2.05, 4.69) is 6.07 Å². The third-order valence-corrected chi connectivity index (χ3v) is 3.25. The van der Waals surface area contributed by atoms with Gasteiger partial charge in [-0.05, 0) is 24.6 Å². The van der Waals surface area contributed by atoms with Crippen LogP contribution >= 0.6 is 0 Å². The van der Waals surface area contributed by atoms with Gasteiger partial charge < -0.3 is 9.15 Å². The third kappa shape index (κ3) is 2.12. The number of aryl methyl sites for hydroxylation is 1. The predicted octanol–water partition coefficient (Wildman–Crippen LogP) is 4.19. The fourth-order valence-corrected chi connectivity index (χ4v) is 2.23. The Labute approximate surface area is 117 Å². The van der Waals surface area contributed by atoms with Crippen LogP contribution in [-0.2, 0) is 6.61 Å². The zero-order chi connectivity index (χ0) is 13.9. The fraction of sp³-hybridized carbons (Fsp3) is 0.118. The van der Waals surface area contributed by atoms with Crippen LogP contribution in [0.15, 0.2) is 52.9 Å². The van der Waals surface area contributed by atoms with Crippen molar-refractivity contribution in [2.24, 2.45) is 0 Å². The highest BCUT2D eigenvalue weighted by Crippen LogP contribution is 2.33. The maximum atomic E-state index is 9.03. The number of furan rings is 1. The molecule has 98 valence electrons. The predicted molar refractivity (Wildman–Crippen MR) is 76.4 cm³/mol. The van der Waals surface area contributed by atoms with Gasteiger partial charge in [0.2, 0.25) is 5.76 Å². The average molecular weight is 263 g/mol. The number of benzene rings is 2. The van der Waals surface area contributed by atoms with Crippen molar-refractivity contribution in [3.63, 3.8) is 0 Å². The molecule has 0 saturated carbocycles. The quantitative estimate of drug-likeness (QED) is 0.711. The molecule has 0 bridgehead atoms. The number of hydrogen-bond donors (Lipinski definition) is 0. The molecule has 20 heavy (non-hydrogen) atoms. The van der Waals surface area contributed by atoms with E-state index < -0.39 is 0 Å². The third-order valence-electron chi connectivity index (χ3n) is 3.25. The molecule has 0 amide bonds. The molecule has 2 aromatic carbocycles. The van der Waals surface area contributed by atoms with Gasteiger partial charge in [0, 0.05) is 5.56 Å². The van der Waals surface area contributed by atoms with E-state index in [1.54, 1.807) is 0 Å². The van der Waals surface area contributed by atoms with E-state index in [-0.39, 0.29) is 0 Å². The molecule has 3 rings (SSSR count). The van der Waals surface area contributed by atoms with Gasteiger partial charge in [-0.3, -0.25) is 0 Å². The molecule has 0 radical (unpaired) electrons. The second-order valence-corrected chi connectivity index (χ2v) is 4.57. The molecular formula is C17H13NO2. The van der Waals surface area contributed by atoms with Gasteiger partial charge in [0.1, 0.15) is 24.0 Å². The minimum Gasteiger partial charge on any atom is -0.488 e. The summed E-state index contributed by atoms with van der Waals surface area (Å²) in [6, 6.07) is 17.6. The van der Waals surface area contributed by atoms with Crippen molar-refractivity contribution >= 4 is 11.0 Å². The summed E-state index contributed by atoms with van der Waals surface area (Å²) >= 11 is 0. The number of nitriles is 1. The second kappa shape index (κ2) is 5.10. The summed E-state index contributed by atoms with van der Waals surface area (Å²) in [5.74, 6) is 1.09. The first-order chi connectivity index (χ1) is 9.79. The van der Waals surface area contributed by atoms with Crippen molar-refractivity contribution in [2.75, 3.05) is 0 Å². The first-order valence-corrected chi connectivity index (χ1v) is 6.38. The molecule has 0 spiro atoms. The first kappa shape index (κ1) is 12.3. The van der Waals surface area contributed by atoms with Crippen LogP contribution in [0, 0.1) is 18.3 Å².